The second-order valence-electron chi connectivity index (χ2n) is 6.89. The van der Waals surface area contributed by atoms with Crippen molar-refractivity contribution in [2.45, 2.75) is 26.1 Å². The topological polar surface area (TPSA) is 92.9 Å². The van der Waals surface area contributed by atoms with E-state index in [0.717, 1.165) is 6.07 Å². The molecule has 0 saturated carbocycles. The lowest BCUT2D eigenvalue weighted by Gasteiger charge is -2.21. The van der Waals surface area contributed by atoms with Crippen molar-refractivity contribution in [2.24, 2.45) is 5.92 Å². The standard InChI is InChI=1S/C18H20F3N7O/c1-10(2)14(16-26-15(27-29-16)11-6-5-7-22-9-11)25-17-23-12(18(19,20)21)8-13(24-17)28(3)4/h5-10,14H,1-4H3,(H,23,24,25). The molecule has 1 atom stereocenters. The third-order valence-electron chi connectivity index (χ3n) is 4.04. The molecule has 0 radical (unpaired) electrons. The number of hydrogen-bond donors (Lipinski definition) is 1. The minimum absolute atomic E-state index is 0.0989. The van der Waals surface area contributed by atoms with Crippen molar-refractivity contribution in [1.29, 1.82) is 0 Å². The van der Waals surface area contributed by atoms with E-state index < -0.39 is 17.9 Å². The molecular formula is C18H20F3N7O. The van der Waals surface area contributed by atoms with Crippen molar-refractivity contribution in [3.05, 3.63) is 42.2 Å². The number of rotatable bonds is 6. The van der Waals surface area contributed by atoms with E-state index in [1.807, 2.05) is 13.8 Å². The first-order valence-corrected chi connectivity index (χ1v) is 8.79. The first-order chi connectivity index (χ1) is 13.6. The predicted molar refractivity (Wildman–Crippen MR) is 100 cm³/mol. The first kappa shape index (κ1) is 20.5. The van der Waals surface area contributed by atoms with Gasteiger partial charge in [0.1, 0.15) is 11.9 Å². The molecule has 0 aromatic carbocycles. The quantitative estimate of drug-likeness (QED) is 0.659. The van der Waals surface area contributed by atoms with Crippen LogP contribution in [0, 0.1) is 5.92 Å². The van der Waals surface area contributed by atoms with Gasteiger partial charge in [-0.1, -0.05) is 19.0 Å². The lowest BCUT2D eigenvalue weighted by atomic mass is 10.0. The fourth-order valence-corrected chi connectivity index (χ4v) is 2.50. The van der Waals surface area contributed by atoms with Gasteiger partial charge in [0.05, 0.1) is 0 Å². The molecule has 3 rings (SSSR count). The van der Waals surface area contributed by atoms with Gasteiger partial charge in [0.25, 0.3) is 0 Å². The molecule has 1 N–H and O–H groups in total. The largest absolute Gasteiger partial charge is 0.433 e. The maximum Gasteiger partial charge on any atom is 0.433 e. The molecule has 0 aliphatic carbocycles. The number of nitrogens with one attached hydrogen (secondary N) is 1. The Morgan fingerprint density at radius 3 is 2.48 bits per heavy atom. The van der Waals surface area contributed by atoms with Crippen LogP contribution >= 0.6 is 0 Å². The number of halogens is 3. The number of alkyl halides is 3. The average molecular weight is 407 g/mol. The molecule has 0 aliphatic rings. The minimum Gasteiger partial charge on any atom is -0.363 e. The van der Waals surface area contributed by atoms with Crippen LogP contribution in [0.15, 0.2) is 35.1 Å². The number of aromatic nitrogens is 5. The summed E-state index contributed by atoms with van der Waals surface area (Å²) in [5.74, 6) is 0.395. The van der Waals surface area contributed by atoms with Crippen molar-refractivity contribution in [1.82, 2.24) is 25.1 Å². The zero-order valence-corrected chi connectivity index (χ0v) is 16.3. The maximum absolute atomic E-state index is 13.2. The SMILES string of the molecule is CC(C)C(Nc1nc(N(C)C)cc(C(F)(F)F)n1)c1nc(-c2cccnc2)no1. The predicted octanol–water partition coefficient (Wildman–Crippen LogP) is 3.82. The van der Waals surface area contributed by atoms with Crippen molar-refractivity contribution in [3.63, 3.8) is 0 Å². The Labute approximate surface area is 165 Å². The molecule has 3 heterocycles. The Kier molecular flexibility index (Phi) is 5.66. The summed E-state index contributed by atoms with van der Waals surface area (Å²) in [6.45, 7) is 3.73. The van der Waals surface area contributed by atoms with Gasteiger partial charge in [-0.05, 0) is 18.1 Å². The first-order valence-electron chi connectivity index (χ1n) is 8.79. The van der Waals surface area contributed by atoms with Crippen LogP contribution in [0.1, 0.15) is 31.5 Å². The molecule has 0 fully saturated rings. The van der Waals surface area contributed by atoms with Crippen molar-refractivity contribution in [2.75, 3.05) is 24.3 Å². The van der Waals surface area contributed by atoms with Crippen LogP contribution in [0.2, 0.25) is 0 Å². The number of anilines is 2. The molecule has 0 spiro atoms. The highest BCUT2D eigenvalue weighted by Crippen LogP contribution is 2.32. The molecule has 3 aromatic heterocycles. The summed E-state index contributed by atoms with van der Waals surface area (Å²) >= 11 is 0. The molecule has 0 bridgehead atoms. The smallest absolute Gasteiger partial charge is 0.363 e. The van der Waals surface area contributed by atoms with Crippen molar-refractivity contribution >= 4 is 11.8 Å². The molecule has 3 aromatic rings. The van der Waals surface area contributed by atoms with E-state index in [-0.39, 0.29) is 23.6 Å². The van der Waals surface area contributed by atoms with Gasteiger partial charge in [0.15, 0.2) is 5.69 Å². The normalized spacial score (nSPS) is 12.8. The molecule has 1 unspecified atom stereocenters. The van der Waals surface area contributed by atoms with Gasteiger partial charge in [-0.3, -0.25) is 4.98 Å². The summed E-state index contributed by atoms with van der Waals surface area (Å²) in [6, 6.07) is 3.82. The highest BCUT2D eigenvalue weighted by molar-refractivity contribution is 5.52. The second-order valence-corrected chi connectivity index (χ2v) is 6.89. The van der Waals surface area contributed by atoms with Gasteiger partial charge in [-0.25, -0.2) is 4.98 Å². The van der Waals surface area contributed by atoms with Crippen LogP contribution in [-0.4, -0.2) is 39.2 Å². The maximum atomic E-state index is 13.2. The zero-order chi connectivity index (χ0) is 21.2. The van der Waals surface area contributed by atoms with Gasteiger partial charge in [-0.2, -0.15) is 23.1 Å². The van der Waals surface area contributed by atoms with E-state index in [9.17, 15) is 13.2 Å². The third kappa shape index (κ3) is 4.79. The molecule has 11 heteroatoms. The highest BCUT2D eigenvalue weighted by Gasteiger charge is 2.34. The van der Waals surface area contributed by atoms with Gasteiger partial charge in [0, 0.05) is 38.1 Å². The molecule has 29 heavy (non-hydrogen) atoms. The second kappa shape index (κ2) is 8.02. The lowest BCUT2D eigenvalue weighted by Crippen LogP contribution is -2.22. The summed E-state index contributed by atoms with van der Waals surface area (Å²) in [5, 5.41) is 6.85. The van der Waals surface area contributed by atoms with Gasteiger partial charge < -0.3 is 14.7 Å². The van der Waals surface area contributed by atoms with E-state index in [1.54, 1.807) is 38.6 Å². The highest BCUT2D eigenvalue weighted by atomic mass is 19.4. The van der Waals surface area contributed by atoms with Crippen LogP contribution in [-0.2, 0) is 6.18 Å². The van der Waals surface area contributed by atoms with Crippen LogP contribution in [0.5, 0.6) is 0 Å². The monoisotopic (exact) mass is 407 g/mol. The minimum atomic E-state index is -4.60. The van der Waals surface area contributed by atoms with E-state index in [0.29, 0.717) is 11.4 Å². The van der Waals surface area contributed by atoms with Crippen LogP contribution < -0.4 is 10.2 Å². The van der Waals surface area contributed by atoms with E-state index in [2.05, 4.69) is 30.4 Å². The van der Waals surface area contributed by atoms with Crippen LogP contribution in [0.4, 0.5) is 24.9 Å². The Morgan fingerprint density at radius 2 is 1.90 bits per heavy atom. The lowest BCUT2D eigenvalue weighted by molar-refractivity contribution is -0.141. The fourth-order valence-electron chi connectivity index (χ4n) is 2.50. The van der Waals surface area contributed by atoms with E-state index in [4.69, 9.17) is 4.52 Å². The van der Waals surface area contributed by atoms with Crippen LogP contribution in [0.25, 0.3) is 11.4 Å². The van der Waals surface area contributed by atoms with Gasteiger partial charge in [0.2, 0.25) is 17.7 Å². The summed E-state index contributed by atoms with van der Waals surface area (Å²) in [7, 11) is 3.20. The Hall–Kier alpha value is -3.24. The number of hydrogen-bond acceptors (Lipinski definition) is 8. The molecule has 8 nitrogen and oxygen atoms in total. The van der Waals surface area contributed by atoms with Crippen molar-refractivity contribution in [3.8, 4) is 11.4 Å². The Bertz CT molecular complexity index is 958. The van der Waals surface area contributed by atoms with E-state index in [1.165, 1.54) is 4.90 Å². The van der Waals surface area contributed by atoms with Crippen molar-refractivity contribution < 1.29 is 17.7 Å². The molecule has 154 valence electrons. The molecular weight excluding hydrogens is 387 g/mol. The summed E-state index contributed by atoms with van der Waals surface area (Å²) in [5.41, 5.74) is -0.377. The van der Waals surface area contributed by atoms with Gasteiger partial charge >= 0.3 is 6.18 Å². The molecule has 0 amide bonds. The Balaban J connectivity index is 1.94. The summed E-state index contributed by atoms with van der Waals surface area (Å²) < 4.78 is 45.1. The average Bonchev–Trinajstić information content (AvgIpc) is 3.15. The molecule has 0 aliphatic heterocycles. The third-order valence-corrected chi connectivity index (χ3v) is 4.04. The fraction of sp³-hybridized carbons (Fsp3) is 0.389. The summed E-state index contributed by atoms with van der Waals surface area (Å²) in [6.07, 6.45) is -1.39. The zero-order valence-electron chi connectivity index (χ0n) is 16.3. The Morgan fingerprint density at radius 1 is 1.14 bits per heavy atom. The molecule has 0 saturated heterocycles. The summed E-state index contributed by atoms with van der Waals surface area (Å²) in [4.78, 5) is 17.6. The number of pyridine rings is 1. The number of nitrogens with zero attached hydrogens (tertiary/aromatic N) is 6. The van der Waals surface area contributed by atoms with E-state index >= 15 is 0 Å². The van der Waals surface area contributed by atoms with Crippen LogP contribution in [0.3, 0.4) is 0 Å². The van der Waals surface area contributed by atoms with Gasteiger partial charge in [-0.15, -0.1) is 0 Å².